The number of ketones is 1. The molecule has 2 heterocycles. The molecule has 144 valence electrons. The predicted octanol–water partition coefficient (Wildman–Crippen LogP) is 2.37. The van der Waals surface area contributed by atoms with Crippen LogP contribution in [0.4, 0.5) is 0 Å². The third-order valence-electron chi connectivity index (χ3n) is 4.18. The van der Waals surface area contributed by atoms with E-state index in [2.05, 4.69) is 15.0 Å². The Balaban J connectivity index is 1.85. The fourth-order valence-corrected chi connectivity index (χ4v) is 2.71. The van der Waals surface area contributed by atoms with E-state index in [1.165, 1.54) is 7.11 Å². The Hall–Kier alpha value is -3.68. The van der Waals surface area contributed by atoms with Crippen molar-refractivity contribution in [1.29, 1.82) is 0 Å². The van der Waals surface area contributed by atoms with Crippen LogP contribution >= 0.6 is 0 Å². The van der Waals surface area contributed by atoms with E-state index < -0.39 is 17.1 Å². The summed E-state index contributed by atoms with van der Waals surface area (Å²) in [4.78, 5) is 35.3. The minimum Gasteiger partial charge on any atom is -0.501 e. The third-order valence-corrected chi connectivity index (χ3v) is 4.18. The number of rotatable bonds is 7. The van der Waals surface area contributed by atoms with Crippen molar-refractivity contribution in [2.75, 3.05) is 14.2 Å². The van der Waals surface area contributed by atoms with Crippen molar-refractivity contribution in [2.45, 2.75) is 12.8 Å². The fraction of sp³-hybridized carbons (Fsp3) is 0.200. The summed E-state index contributed by atoms with van der Waals surface area (Å²) >= 11 is 0. The Bertz CT molecular complexity index is 1050. The summed E-state index contributed by atoms with van der Waals surface area (Å²) in [5.41, 5.74) is 0.120. The SMILES string of the molecule is COc1ccc(CCC(=O)c2nc(-c3ccccn3)[nH]c(=O)c2O)c(OC)c1. The van der Waals surface area contributed by atoms with Gasteiger partial charge < -0.3 is 19.6 Å². The van der Waals surface area contributed by atoms with Gasteiger partial charge in [0.05, 0.1) is 14.2 Å². The summed E-state index contributed by atoms with van der Waals surface area (Å²) in [6.45, 7) is 0. The van der Waals surface area contributed by atoms with Gasteiger partial charge in [-0.25, -0.2) is 4.98 Å². The Kier molecular flexibility index (Phi) is 5.69. The number of ether oxygens (including phenoxy) is 2. The summed E-state index contributed by atoms with van der Waals surface area (Å²) in [7, 11) is 3.09. The van der Waals surface area contributed by atoms with Crippen molar-refractivity contribution < 1.29 is 19.4 Å². The summed E-state index contributed by atoms with van der Waals surface area (Å²) < 4.78 is 10.5. The number of aryl methyl sites for hydroxylation is 1. The number of H-pyrrole nitrogens is 1. The smallest absolute Gasteiger partial charge is 0.294 e. The monoisotopic (exact) mass is 381 g/mol. The number of aromatic hydroxyl groups is 1. The Morgan fingerprint density at radius 2 is 2.00 bits per heavy atom. The first kappa shape index (κ1) is 19.1. The van der Waals surface area contributed by atoms with Gasteiger partial charge in [0, 0.05) is 18.7 Å². The topological polar surface area (TPSA) is 114 Å². The first-order valence-electron chi connectivity index (χ1n) is 8.52. The largest absolute Gasteiger partial charge is 0.501 e. The maximum atomic E-state index is 12.6. The first-order valence-corrected chi connectivity index (χ1v) is 8.52. The fourth-order valence-electron chi connectivity index (χ4n) is 2.71. The summed E-state index contributed by atoms with van der Waals surface area (Å²) in [6, 6.07) is 10.4. The molecule has 8 heteroatoms. The predicted molar refractivity (Wildman–Crippen MR) is 102 cm³/mol. The number of nitrogens with zero attached hydrogens (tertiary/aromatic N) is 2. The van der Waals surface area contributed by atoms with Crippen LogP contribution in [0.3, 0.4) is 0 Å². The number of nitrogens with one attached hydrogen (secondary N) is 1. The molecule has 0 saturated carbocycles. The summed E-state index contributed by atoms with van der Waals surface area (Å²) in [5, 5.41) is 10.0. The molecule has 0 fully saturated rings. The Morgan fingerprint density at radius 3 is 2.68 bits per heavy atom. The number of methoxy groups -OCH3 is 2. The van der Waals surface area contributed by atoms with E-state index in [9.17, 15) is 14.7 Å². The van der Waals surface area contributed by atoms with Crippen LogP contribution in [0.1, 0.15) is 22.5 Å². The number of hydrogen-bond acceptors (Lipinski definition) is 7. The molecule has 0 aliphatic rings. The molecular weight excluding hydrogens is 362 g/mol. The number of benzene rings is 1. The van der Waals surface area contributed by atoms with Gasteiger partial charge in [-0.1, -0.05) is 12.1 Å². The van der Waals surface area contributed by atoms with Gasteiger partial charge in [-0.3, -0.25) is 14.6 Å². The maximum absolute atomic E-state index is 12.6. The van der Waals surface area contributed by atoms with Crippen LogP contribution in [0, 0.1) is 0 Å². The van der Waals surface area contributed by atoms with E-state index in [1.807, 2.05) is 0 Å². The molecule has 28 heavy (non-hydrogen) atoms. The normalized spacial score (nSPS) is 10.5. The molecule has 1 aromatic carbocycles. The number of Topliss-reactive ketones (excluding diaryl/α,β-unsaturated/α-hetero) is 1. The molecule has 0 bridgehead atoms. The van der Waals surface area contributed by atoms with Crippen LogP contribution in [0.15, 0.2) is 47.4 Å². The van der Waals surface area contributed by atoms with Crippen LogP contribution < -0.4 is 15.0 Å². The highest BCUT2D eigenvalue weighted by Gasteiger charge is 2.19. The molecule has 0 aliphatic heterocycles. The van der Waals surface area contributed by atoms with Gasteiger partial charge in [-0.15, -0.1) is 0 Å². The lowest BCUT2D eigenvalue weighted by Crippen LogP contribution is -2.16. The van der Waals surface area contributed by atoms with E-state index in [0.29, 0.717) is 23.6 Å². The van der Waals surface area contributed by atoms with Crippen molar-refractivity contribution in [1.82, 2.24) is 15.0 Å². The van der Waals surface area contributed by atoms with Crippen LogP contribution in [0.25, 0.3) is 11.5 Å². The highest BCUT2D eigenvalue weighted by atomic mass is 16.5. The average molecular weight is 381 g/mol. The Labute approximate surface area is 160 Å². The minimum atomic E-state index is -0.791. The highest BCUT2D eigenvalue weighted by molar-refractivity contribution is 5.97. The summed E-state index contributed by atoms with van der Waals surface area (Å²) in [6.07, 6.45) is 1.92. The van der Waals surface area contributed by atoms with Crippen molar-refractivity contribution in [3.8, 4) is 28.8 Å². The van der Waals surface area contributed by atoms with Crippen LogP contribution in [-0.2, 0) is 6.42 Å². The van der Waals surface area contributed by atoms with E-state index in [-0.39, 0.29) is 17.9 Å². The van der Waals surface area contributed by atoms with Gasteiger partial charge in [-0.2, -0.15) is 0 Å². The molecule has 2 aromatic heterocycles. The molecule has 0 atom stereocenters. The second-order valence-electron chi connectivity index (χ2n) is 5.93. The van der Waals surface area contributed by atoms with Gasteiger partial charge in [0.2, 0.25) is 5.75 Å². The maximum Gasteiger partial charge on any atom is 0.294 e. The Morgan fingerprint density at radius 1 is 1.18 bits per heavy atom. The first-order chi connectivity index (χ1) is 13.5. The molecule has 3 rings (SSSR count). The standard InChI is InChI=1S/C20H19N3O5/c1-27-13-8-6-12(16(11-13)28-2)7-9-15(24)17-18(25)20(26)23-19(22-17)14-5-3-4-10-21-14/h3-6,8,10-11,25H,7,9H2,1-2H3,(H,22,23,26). The molecular formula is C20H19N3O5. The van der Waals surface area contributed by atoms with Gasteiger partial charge in [0.1, 0.15) is 17.2 Å². The molecule has 0 radical (unpaired) electrons. The van der Waals surface area contributed by atoms with Crippen LogP contribution in [0.2, 0.25) is 0 Å². The highest BCUT2D eigenvalue weighted by Crippen LogP contribution is 2.26. The van der Waals surface area contributed by atoms with Gasteiger partial charge >= 0.3 is 0 Å². The van der Waals surface area contributed by atoms with E-state index in [0.717, 1.165) is 5.56 Å². The number of pyridine rings is 1. The van der Waals surface area contributed by atoms with Crippen molar-refractivity contribution in [3.05, 3.63) is 64.2 Å². The van der Waals surface area contributed by atoms with Crippen LogP contribution in [-0.4, -0.2) is 40.1 Å². The van der Waals surface area contributed by atoms with Gasteiger partial charge in [0.25, 0.3) is 5.56 Å². The summed E-state index contributed by atoms with van der Waals surface area (Å²) in [5.74, 6) is 0.184. The zero-order chi connectivity index (χ0) is 20.1. The minimum absolute atomic E-state index is 0.0361. The lowest BCUT2D eigenvalue weighted by Gasteiger charge is -2.10. The van der Waals surface area contributed by atoms with E-state index in [4.69, 9.17) is 9.47 Å². The van der Waals surface area contributed by atoms with Crippen LogP contribution in [0.5, 0.6) is 17.2 Å². The quantitative estimate of drug-likeness (QED) is 0.604. The zero-order valence-corrected chi connectivity index (χ0v) is 15.4. The molecule has 0 saturated heterocycles. The molecule has 8 nitrogen and oxygen atoms in total. The number of hydrogen-bond donors (Lipinski definition) is 2. The second kappa shape index (κ2) is 8.34. The third kappa shape index (κ3) is 4.01. The van der Waals surface area contributed by atoms with E-state index >= 15 is 0 Å². The molecule has 0 amide bonds. The number of carbonyl (C=O) groups is 1. The van der Waals surface area contributed by atoms with Gasteiger partial charge in [-0.05, 0) is 30.2 Å². The molecule has 2 N–H and O–H groups in total. The van der Waals surface area contributed by atoms with Gasteiger partial charge in [0.15, 0.2) is 17.3 Å². The molecule has 0 unspecified atom stereocenters. The lowest BCUT2D eigenvalue weighted by atomic mass is 10.0. The van der Waals surface area contributed by atoms with E-state index in [1.54, 1.807) is 49.7 Å². The molecule has 3 aromatic rings. The second-order valence-corrected chi connectivity index (χ2v) is 5.93. The van der Waals surface area contributed by atoms with Crippen molar-refractivity contribution in [3.63, 3.8) is 0 Å². The molecule has 0 aliphatic carbocycles. The lowest BCUT2D eigenvalue weighted by molar-refractivity contribution is 0.0974. The number of carbonyl (C=O) groups excluding carboxylic acids is 1. The average Bonchev–Trinajstić information content (AvgIpc) is 2.74. The number of aromatic nitrogens is 3. The van der Waals surface area contributed by atoms with Crippen molar-refractivity contribution in [2.24, 2.45) is 0 Å². The van der Waals surface area contributed by atoms with Crippen molar-refractivity contribution >= 4 is 5.78 Å². The molecule has 0 spiro atoms. The number of aromatic amines is 1. The zero-order valence-electron chi connectivity index (χ0n) is 15.4.